The van der Waals surface area contributed by atoms with E-state index in [0.717, 1.165) is 5.56 Å². The van der Waals surface area contributed by atoms with Crippen molar-refractivity contribution in [2.75, 3.05) is 19.8 Å². The van der Waals surface area contributed by atoms with Crippen LogP contribution in [0.15, 0.2) is 54.3 Å². The van der Waals surface area contributed by atoms with Gasteiger partial charge in [-0.1, -0.05) is 24.8 Å². The third-order valence-corrected chi connectivity index (χ3v) is 3.88. The van der Waals surface area contributed by atoms with E-state index >= 15 is 0 Å². The van der Waals surface area contributed by atoms with Gasteiger partial charge in [0.05, 0.1) is 23.9 Å². The Morgan fingerprint density at radius 2 is 1.93 bits per heavy atom. The summed E-state index contributed by atoms with van der Waals surface area (Å²) in [5.74, 6) is -0.500. The molecular formula is C21H24N2O6. The van der Waals surface area contributed by atoms with E-state index in [2.05, 4.69) is 17.2 Å². The molecular weight excluding hydrogens is 376 g/mol. The molecule has 29 heavy (non-hydrogen) atoms. The van der Waals surface area contributed by atoms with Crippen LogP contribution in [0.5, 0.6) is 5.75 Å². The number of urea groups is 1. The van der Waals surface area contributed by atoms with Gasteiger partial charge in [0.15, 0.2) is 0 Å². The van der Waals surface area contributed by atoms with Crippen molar-refractivity contribution in [3.63, 3.8) is 0 Å². The van der Waals surface area contributed by atoms with E-state index < -0.39 is 24.0 Å². The van der Waals surface area contributed by atoms with Crippen molar-refractivity contribution in [3.8, 4) is 5.75 Å². The van der Waals surface area contributed by atoms with Gasteiger partial charge in [-0.2, -0.15) is 0 Å². The summed E-state index contributed by atoms with van der Waals surface area (Å²) in [6.45, 7) is 7.25. The molecule has 1 aromatic rings. The Kier molecular flexibility index (Phi) is 8.02. The van der Waals surface area contributed by atoms with Crippen molar-refractivity contribution >= 4 is 24.0 Å². The number of esters is 2. The lowest BCUT2D eigenvalue weighted by Gasteiger charge is -2.26. The number of benzene rings is 1. The van der Waals surface area contributed by atoms with Crippen LogP contribution in [0.2, 0.25) is 0 Å². The number of carbonyl (C=O) groups excluding carboxylic acids is 3. The van der Waals surface area contributed by atoms with E-state index in [1.165, 1.54) is 6.08 Å². The van der Waals surface area contributed by atoms with Gasteiger partial charge in [0, 0.05) is 6.08 Å². The first kappa shape index (κ1) is 21.7. The average Bonchev–Trinajstić information content (AvgIpc) is 2.69. The lowest BCUT2D eigenvalue weighted by atomic mass is 10.0. The zero-order valence-corrected chi connectivity index (χ0v) is 16.4. The van der Waals surface area contributed by atoms with Gasteiger partial charge in [0.1, 0.15) is 19.0 Å². The van der Waals surface area contributed by atoms with Crippen LogP contribution in [0.1, 0.15) is 19.4 Å². The van der Waals surface area contributed by atoms with Crippen LogP contribution in [0, 0.1) is 0 Å². The highest BCUT2D eigenvalue weighted by Gasteiger charge is 2.30. The maximum atomic E-state index is 12.1. The molecule has 0 fully saturated rings. The molecule has 2 N–H and O–H groups in total. The molecule has 1 aliphatic rings. The number of nitrogens with one attached hydrogen (secondary N) is 2. The van der Waals surface area contributed by atoms with Crippen molar-refractivity contribution < 1.29 is 28.6 Å². The molecule has 0 aromatic heterocycles. The van der Waals surface area contributed by atoms with Crippen molar-refractivity contribution in [1.82, 2.24) is 10.6 Å². The van der Waals surface area contributed by atoms with E-state index in [9.17, 15) is 14.4 Å². The number of ether oxygens (including phenoxy) is 3. The van der Waals surface area contributed by atoms with Gasteiger partial charge >= 0.3 is 18.0 Å². The molecule has 8 heteroatoms. The molecule has 0 radical (unpaired) electrons. The Morgan fingerprint density at radius 1 is 1.21 bits per heavy atom. The predicted molar refractivity (Wildman–Crippen MR) is 107 cm³/mol. The first-order chi connectivity index (χ1) is 13.9. The van der Waals surface area contributed by atoms with Gasteiger partial charge < -0.3 is 24.8 Å². The number of amides is 2. The summed E-state index contributed by atoms with van der Waals surface area (Å²) in [5, 5.41) is 5.07. The van der Waals surface area contributed by atoms with Crippen LogP contribution in [-0.2, 0) is 19.1 Å². The molecule has 0 spiro atoms. The molecule has 1 aromatic carbocycles. The minimum Gasteiger partial charge on any atom is -0.490 e. The quantitative estimate of drug-likeness (QED) is 0.375. The standard InChI is InChI=1S/C21H24N2O6/c1-4-12-28-16-9-6-15(7-10-16)8-11-18(24)29-13-17-19(20(25)27-5-2)14(3)22-21(26)23-17/h4,6-11,14H,1,5,12-13H2,2-3H3,(H2,22,23,26)/b11-8+/t14-/m0/s1. The second-order valence-electron chi connectivity index (χ2n) is 6.04. The number of rotatable bonds is 9. The molecule has 0 saturated carbocycles. The van der Waals surface area contributed by atoms with Gasteiger partial charge in [0.2, 0.25) is 0 Å². The smallest absolute Gasteiger partial charge is 0.338 e. The van der Waals surface area contributed by atoms with Gasteiger partial charge in [-0.3, -0.25) is 0 Å². The summed E-state index contributed by atoms with van der Waals surface area (Å²) in [6, 6.07) is 6.09. The summed E-state index contributed by atoms with van der Waals surface area (Å²) in [5.41, 5.74) is 1.20. The minimum atomic E-state index is -0.617. The highest BCUT2D eigenvalue weighted by Crippen LogP contribution is 2.15. The van der Waals surface area contributed by atoms with Crippen LogP contribution < -0.4 is 15.4 Å². The summed E-state index contributed by atoms with van der Waals surface area (Å²) in [4.78, 5) is 35.8. The van der Waals surface area contributed by atoms with Gasteiger partial charge in [-0.15, -0.1) is 0 Å². The largest absolute Gasteiger partial charge is 0.490 e. The van der Waals surface area contributed by atoms with E-state index in [-0.39, 0.29) is 24.5 Å². The minimum absolute atomic E-state index is 0.191. The molecule has 2 rings (SSSR count). The molecule has 1 atom stereocenters. The molecule has 0 bridgehead atoms. The van der Waals surface area contributed by atoms with Crippen LogP contribution >= 0.6 is 0 Å². The average molecular weight is 400 g/mol. The monoisotopic (exact) mass is 400 g/mol. The molecule has 0 aliphatic carbocycles. The molecule has 154 valence electrons. The van der Waals surface area contributed by atoms with E-state index in [4.69, 9.17) is 14.2 Å². The Hall–Kier alpha value is -3.55. The van der Waals surface area contributed by atoms with Crippen LogP contribution in [-0.4, -0.2) is 43.8 Å². The van der Waals surface area contributed by atoms with Crippen molar-refractivity contribution in [2.24, 2.45) is 0 Å². The summed E-state index contributed by atoms with van der Waals surface area (Å²) in [6.07, 6.45) is 4.50. The first-order valence-corrected chi connectivity index (χ1v) is 9.10. The summed E-state index contributed by atoms with van der Waals surface area (Å²) < 4.78 is 15.6. The van der Waals surface area contributed by atoms with Gasteiger partial charge in [0.25, 0.3) is 0 Å². The van der Waals surface area contributed by atoms with Crippen LogP contribution in [0.25, 0.3) is 6.08 Å². The maximum absolute atomic E-state index is 12.1. The van der Waals surface area contributed by atoms with E-state index in [1.54, 1.807) is 50.3 Å². The predicted octanol–water partition coefficient (Wildman–Crippen LogP) is 2.33. The van der Waals surface area contributed by atoms with E-state index in [0.29, 0.717) is 12.4 Å². The molecule has 1 heterocycles. The second-order valence-corrected chi connectivity index (χ2v) is 6.04. The van der Waals surface area contributed by atoms with Crippen LogP contribution in [0.4, 0.5) is 4.79 Å². The zero-order chi connectivity index (χ0) is 21.2. The molecule has 0 saturated heterocycles. The maximum Gasteiger partial charge on any atom is 0.338 e. The molecule has 8 nitrogen and oxygen atoms in total. The number of carbonyl (C=O) groups is 3. The van der Waals surface area contributed by atoms with Crippen molar-refractivity contribution in [1.29, 1.82) is 0 Å². The number of hydrogen-bond acceptors (Lipinski definition) is 6. The fourth-order valence-electron chi connectivity index (χ4n) is 2.58. The number of hydrogen-bond donors (Lipinski definition) is 2. The van der Waals surface area contributed by atoms with Gasteiger partial charge in [-0.05, 0) is 37.6 Å². The lowest BCUT2D eigenvalue weighted by Crippen LogP contribution is -2.50. The fraction of sp³-hybridized carbons (Fsp3) is 0.286. The fourth-order valence-corrected chi connectivity index (χ4v) is 2.58. The summed E-state index contributed by atoms with van der Waals surface area (Å²) in [7, 11) is 0. The second kappa shape index (κ2) is 10.7. The molecule has 2 amide bonds. The Labute approximate surface area is 169 Å². The third-order valence-electron chi connectivity index (χ3n) is 3.88. The zero-order valence-electron chi connectivity index (χ0n) is 16.4. The Morgan fingerprint density at radius 3 is 2.59 bits per heavy atom. The summed E-state index contributed by atoms with van der Waals surface area (Å²) >= 11 is 0. The van der Waals surface area contributed by atoms with Crippen molar-refractivity contribution in [3.05, 3.63) is 59.8 Å². The molecule has 1 aliphatic heterocycles. The van der Waals surface area contributed by atoms with Crippen LogP contribution in [0.3, 0.4) is 0 Å². The highest BCUT2D eigenvalue weighted by atomic mass is 16.5. The lowest BCUT2D eigenvalue weighted by molar-refractivity contribution is -0.140. The molecule has 0 unspecified atom stereocenters. The third kappa shape index (κ3) is 6.53. The topological polar surface area (TPSA) is 103 Å². The van der Waals surface area contributed by atoms with E-state index in [1.807, 2.05) is 0 Å². The van der Waals surface area contributed by atoms with Gasteiger partial charge in [-0.25, -0.2) is 14.4 Å². The Balaban J connectivity index is 1.99. The highest BCUT2D eigenvalue weighted by molar-refractivity contribution is 5.95. The van der Waals surface area contributed by atoms with Crippen molar-refractivity contribution in [2.45, 2.75) is 19.9 Å². The Bertz CT molecular complexity index is 826. The normalized spacial score (nSPS) is 16.1. The first-order valence-electron chi connectivity index (χ1n) is 9.10. The SMILES string of the molecule is C=CCOc1ccc(/C=C/C(=O)OCC2=C(C(=O)OCC)[C@H](C)NC(=O)N2)cc1.